The molecule has 46 heavy (non-hydrogen) atoms. The van der Waals surface area contributed by atoms with E-state index in [1.54, 1.807) is 20.8 Å². The summed E-state index contributed by atoms with van der Waals surface area (Å²) < 4.78 is 10.2. The van der Waals surface area contributed by atoms with Gasteiger partial charge in [-0.25, -0.2) is 0 Å². The van der Waals surface area contributed by atoms with Gasteiger partial charge < -0.3 is 15.2 Å². The summed E-state index contributed by atoms with van der Waals surface area (Å²) in [6.45, 7) is 11.0. The van der Waals surface area contributed by atoms with Crippen LogP contribution in [0.25, 0.3) is 22.3 Å². The number of fused-ring (bicyclic) bond motifs is 6. The quantitative estimate of drug-likeness (QED) is 0.193. The van der Waals surface area contributed by atoms with Crippen molar-refractivity contribution in [2.75, 3.05) is 13.1 Å². The van der Waals surface area contributed by atoms with Crippen molar-refractivity contribution in [1.82, 2.24) is 0 Å². The fraction of sp³-hybridized carbons (Fsp3) is 0.263. The monoisotopic (exact) mass is 639 g/mol. The highest BCUT2D eigenvalue weighted by Crippen LogP contribution is 2.37. The van der Waals surface area contributed by atoms with Crippen molar-refractivity contribution in [1.29, 1.82) is 5.41 Å². The maximum absolute atomic E-state index is 11.9. The van der Waals surface area contributed by atoms with Crippen molar-refractivity contribution in [2.24, 2.45) is 10.7 Å². The molecule has 0 radical (unpaired) electrons. The third-order valence-corrected chi connectivity index (χ3v) is 6.71. The average Bonchev–Trinajstić information content (AvgIpc) is 3.47. The Balaban J connectivity index is 0.000000206. The predicted octanol–water partition coefficient (Wildman–Crippen LogP) is 7.64. The molecule has 0 heterocycles. The highest BCUT2D eigenvalue weighted by Gasteiger charge is 2.25. The summed E-state index contributed by atoms with van der Waals surface area (Å²) in [5, 5.41) is 8.01. The molecule has 0 aromatic heterocycles. The Morgan fingerprint density at radius 1 is 0.587 bits per heavy atom. The Labute approximate surface area is 277 Å². The molecule has 2 aliphatic rings. The highest BCUT2D eigenvalue weighted by molar-refractivity contribution is 6.25. The molecule has 7 nitrogen and oxygen atoms in total. The molecule has 0 spiro atoms. The number of esters is 2. The number of hydrogen-bond acceptors (Lipinski definition) is 7. The van der Waals surface area contributed by atoms with E-state index in [-0.39, 0.29) is 37.4 Å². The summed E-state index contributed by atoms with van der Waals surface area (Å²) in [6.07, 6.45) is 0. The van der Waals surface area contributed by atoms with Gasteiger partial charge in [-0.15, -0.1) is 12.4 Å². The number of rotatable bonds is 3. The van der Waals surface area contributed by atoms with Crippen molar-refractivity contribution >= 4 is 35.8 Å². The second kappa shape index (κ2) is 15.1. The standard InChI is InChI=1S/C19H19NO2.C13H9N.C6H13NO2.ClH/c1-19(2,3)22-17(21)12-20-18-15-10-6-4-8-13(15)14-9-5-7-11-16(14)18;14-13-11-7-3-1-5-9(11)10-6-2-4-8-12(10)13;1-6(2,3)9-5(8)4-7;/h4-11H,12H2,1-3H3;1-8,14H;4,7H2,1-3H3;1H. The van der Waals surface area contributed by atoms with Gasteiger partial charge in [-0.05, 0) is 63.8 Å². The predicted molar refractivity (Wildman–Crippen MR) is 188 cm³/mol. The Hall–Kier alpha value is -4.59. The number of benzene rings is 4. The van der Waals surface area contributed by atoms with Crippen LogP contribution < -0.4 is 5.73 Å². The number of carbonyl (C=O) groups is 2. The molecule has 6 rings (SSSR count). The maximum Gasteiger partial charge on any atom is 0.328 e. The second-order valence-electron chi connectivity index (χ2n) is 12.6. The van der Waals surface area contributed by atoms with Crippen molar-refractivity contribution in [2.45, 2.75) is 52.7 Å². The van der Waals surface area contributed by atoms with E-state index in [0.29, 0.717) is 5.71 Å². The lowest BCUT2D eigenvalue weighted by Crippen LogP contribution is -2.28. The Morgan fingerprint density at radius 2 is 0.891 bits per heavy atom. The van der Waals surface area contributed by atoms with Crippen LogP contribution in [0.5, 0.6) is 0 Å². The Morgan fingerprint density at radius 3 is 1.22 bits per heavy atom. The molecule has 8 heteroatoms. The lowest BCUT2D eigenvalue weighted by molar-refractivity contribution is -0.154. The minimum absolute atomic E-state index is 0. The van der Waals surface area contributed by atoms with Crippen LogP contribution in [0.1, 0.15) is 63.8 Å². The van der Waals surface area contributed by atoms with Gasteiger partial charge in [-0.1, -0.05) is 97.1 Å². The van der Waals surface area contributed by atoms with Crippen molar-refractivity contribution in [3.63, 3.8) is 0 Å². The van der Waals surface area contributed by atoms with Gasteiger partial charge in [-0.3, -0.25) is 20.0 Å². The van der Waals surface area contributed by atoms with Crippen LogP contribution in [0.15, 0.2) is 102 Å². The van der Waals surface area contributed by atoms with Gasteiger partial charge in [0.25, 0.3) is 0 Å². The molecular weight excluding hydrogens is 598 g/mol. The molecule has 4 aromatic carbocycles. The van der Waals surface area contributed by atoms with Gasteiger partial charge >= 0.3 is 11.9 Å². The largest absolute Gasteiger partial charge is 0.459 e. The van der Waals surface area contributed by atoms with E-state index in [0.717, 1.165) is 28.0 Å². The first kappa shape index (κ1) is 35.9. The van der Waals surface area contributed by atoms with E-state index < -0.39 is 11.2 Å². The lowest BCUT2D eigenvalue weighted by Gasteiger charge is -2.18. The number of aliphatic imine (C=N–C) groups is 1. The number of hydrogen-bond donors (Lipinski definition) is 2. The van der Waals surface area contributed by atoms with Crippen molar-refractivity contribution in [3.8, 4) is 22.3 Å². The summed E-state index contributed by atoms with van der Waals surface area (Å²) in [4.78, 5) is 26.9. The zero-order valence-corrected chi connectivity index (χ0v) is 28.0. The first-order valence-corrected chi connectivity index (χ1v) is 14.9. The molecular formula is C38H42ClN3O4. The average molecular weight is 640 g/mol. The summed E-state index contributed by atoms with van der Waals surface area (Å²) in [7, 11) is 0. The zero-order valence-electron chi connectivity index (χ0n) is 27.2. The SMILES string of the molecule is CC(C)(C)OC(=O)CN.CC(C)(C)OC(=O)CN=C1c2ccccc2-c2ccccc21.Cl.N=C1c2ccccc2-c2ccccc21. The third kappa shape index (κ3) is 8.99. The number of halogens is 1. The van der Waals surface area contributed by atoms with E-state index >= 15 is 0 Å². The fourth-order valence-corrected chi connectivity index (χ4v) is 5.08. The van der Waals surface area contributed by atoms with Crippen molar-refractivity contribution < 1.29 is 19.1 Å². The van der Waals surface area contributed by atoms with E-state index in [1.165, 1.54) is 22.3 Å². The van der Waals surface area contributed by atoms with Crippen LogP contribution in [-0.4, -0.2) is 47.7 Å². The normalized spacial score (nSPS) is 12.0. The molecule has 0 bridgehead atoms. The van der Waals surface area contributed by atoms with E-state index in [9.17, 15) is 9.59 Å². The second-order valence-corrected chi connectivity index (χ2v) is 12.6. The number of nitrogens with zero attached hydrogens (tertiary/aromatic N) is 1. The van der Waals surface area contributed by atoms with Gasteiger partial charge in [-0.2, -0.15) is 0 Å². The van der Waals surface area contributed by atoms with E-state index in [1.807, 2.05) is 93.6 Å². The zero-order chi connectivity index (χ0) is 32.8. The minimum Gasteiger partial charge on any atom is -0.459 e. The Kier molecular flexibility index (Phi) is 11.8. The van der Waals surface area contributed by atoms with Crippen LogP contribution in [0.4, 0.5) is 0 Å². The number of nitrogens with two attached hydrogens (primary N) is 1. The molecule has 0 aliphatic heterocycles. The summed E-state index contributed by atoms with van der Waals surface area (Å²) in [5.74, 6) is -0.663. The molecule has 0 unspecified atom stereocenters. The summed E-state index contributed by atoms with van der Waals surface area (Å²) >= 11 is 0. The molecule has 4 aromatic rings. The molecule has 3 N–H and O–H groups in total. The van der Waals surface area contributed by atoms with Gasteiger partial charge in [0, 0.05) is 22.3 Å². The summed E-state index contributed by atoms with van der Waals surface area (Å²) in [6, 6.07) is 32.5. The number of ether oxygens (including phenoxy) is 2. The van der Waals surface area contributed by atoms with Gasteiger partial charge in [0.05, 0.1) is 18.0 Å². The molecule has 240 valence electrons. The Bertz CT molecular complexity index is 1650. The number of nitrogens with one attached hydrogen (secondary N) is 1. The van der Waals surface area contributed by atoms with Crippen LogP contribution >= 0.6 is 12.4 Å². The molecule has 0 amide bonds. The topological polar surface area (TPSA) is 115 Å². The van der Waals surface area contributed by atoms with Crippen LogP contribution in [0.3, 0.4) is 0 Å². The third-order valence-electron chi connectivity index (χ3n) is 6.71. The molecule has 0 saturated carbocycles. The maximum atomic E-state index is 11.9. The van der Waals surface area contributed by atoms with Gasteiger partial charge in [0.1, 0.15) is 17.7 Å². The van der Waals surface area contributed by atoms with E-state index in [2.05, 4.69) is 29.3 Å². The first-order valence-electron chi connectivity index (χ1n) is 14.9. The molecule has 0 atom stereocenters. The highest BCUT2D eigenvalue weighted by atomic mass is 35.5. The molecule has 0 fully saturated rings. The van der Waals surface area contributed by atoms with Crippen LogP contribution in [0.2, 0.25) is 0 Å². The minimum atomic E-state index is -0.483. The summed E-state index contributed by atoms with van der Waals surface area (Å²) in [5.41, 5.74) is 14.6. The number of carbonyl (C=O) groups excluding carboxylic acids is 2. The van der Waals surface area contributed by atoms with Gasteiger partial charge in [0.2, 0.25) is 0 Å². The smallest absolute Gasteiger partial charge is 0.328 e. The lowest BCUT2D eigenvalue weighted by atomic mass is 10.1. The van der Waals surface area contributed by atoms with Crippen LogP contribution in [-0.2, 0) is 19.1 Å². The van der Waals surface area contributed by atoms with Crippen LogP contribution in [0, 0.1) is 5.41 Å². The molecule has 0 saturated heterocycles. The van der Waals surface area contributed by atoms with E-state index in [4.69, 9.17) is 20.6 Å². The van der Waals surface area contributed by atoms with Crippen molar-refractivity contribution in [3.05, 3.63) is 119 Å². The first-order chi connectivity index (χ1) is 21.3. The molecule has 2 aliphatic carbocycles. The van der Waals surface area contributed by atoms with Gasteiger partial charge in [0.15, 0.2) is 0 Å². The fourth-order valence-electron chi connectivity index (χ4n) is 5.08.